The van der Waals surface area contributed by atoms with E-state index in [9.17, 15) is 9.59 Å². The predicted molar refractivity (Wildman–Crippen MR) is 605 cm³/mol. The normalized spacial score (nSPS) is 10.2. The Morgan fingerprint density at radius 2 is 0.730 bits per heavy atom. The minimum atomic E-state index is -0.693. The van der Waals surface area contributed by atoms with E-state index in [1.807, 2.05) is 142 Å². The van der Waals surface area contributed by atoms with Crippen molar-refractivity contribution in [2.75, 3.05) is 0 Å². The summed E-state index contributed by atoms with van der Waals surface area (Å²) >= 11 is 0. The van der Waals surface area contributed by atoms with Crippen molar-refractivity contribution >= 4 is 87.6 Å². The number of unbranched alkanes of at least 4 members (excludes halogenated alkanes) is 1. The van der Waals surface area contributed by atoms with E-state index in [2.05, 4.69) is 422 Å². The van der Waals surface area contributed by atoms with Gasteiger partial charge in [0.15, 0.2) is 5.43 Å². The lowest BCUT2D eigenvalue weighted by atomic mass is 9.93. The number of ether oxygens (including phenoxy) is 1. The fraction of sp³-hybridized carbons (Fsp3) is 0.182. The van der Waals surface area contributed by atoms with Gasteiger partial charge >= 0.3 is 5.97 Å². The summed E-state index contributed by atoms with van der Waals surface area (Å²) < 4.78 is 5.80. The summed E-state index contributed by atoms with van der Waals surface area (Å²) in [5, 5.41) is 19.4. The van der Waals surface area contributed by atoms with Crippen LogP contribution in [0.2, 0.25) is 0 Å². The third-order valence-electron chi connectivity index (χ3n) is 23.9. The van der Waals surface area contributed by atoms with E-state index in [1.54, 1.807) is 6.20 Å². The summed E-state index contributed by atoms with van der Waals surface area (Å²) in [6.45, 7) is 25.5. The average molecular weight is 1860 g/mol. The second-order valence-electron chi connectivity index (χ2n) is 34.2. The highest BCUT2D eigenvalue weighted by atomic mass is 16.5. The van der Waals surface area contributed by atoms with Crippen molar-refractivity contribution in [3.63, 3.8) is 0 Å². The molecule has 0 saturated carbocycles. The molecule has 141 heavy (non-hydrogen) atoms. The van der Waals surface area contributed by atoms with Gasteiger partial charge in [0.25, 0.3) is 0 Å². The van der Waals surface area contributed by atoms with Crippen LogP contribution in [0.4, 0.5) is 0 Å². The molecule has 0 spiro atoms. The number of aromatic amines is 3. The highest BCUT2D eigenvalue weighted by Crippen LogP contribution is 2.31. The number of aryl methyl sites for hydroxylation is 9. The Kier molecular flexibility index (Phi) is 46.1. The minimum absolute atomic E-state index is 0.115. The summed E-state index contributed by atoms with van der Waals surface area (Å²) in [6, 6.07) is 146. The summed E-state index contributed by atoms with van der Waals surface area (Å²) in [6.07, 6.45) is 23.1. The highest BCUT2D eigenvalue weighted by Gasteiger charge is 2.10. The van der Waals surface area contributed by atoms with Crippen molar-refractivity contribution < 1.29 is 14.6 Å². The van der Waals surface area contributed by atoms with Gasteiger partial charge in [-0.1, -0.05) is 432 Å². The Morgan fingerprint density at radius 3 is 1.18 bits per heavy atom. The number of rotatable bonds is 17. The number of nitrogens with zero attached hydrogens (tertiary/aromatic N) is 2. The Labute approximate surface area is 836 Å². The molecule has 21 rings (SSSR count). The molecule has 0 atom stereocenters. The molecule has 0 fully saturated rings. The first-order chi connectivity index (χ1) is 69.1. The number of benzene rings is 16. The smallest absolute Gasteiger partial charge is 0.303 e. The van der Waals surface area contributed by atoms with E-state index in [0.29, 0.717) is 12.3 Å². The number of fused-ring (bicyclic) bond motifs is 7. The van der Waals surface area contributed by atoms with Crippen molar-refractivity contribution in [3.05, 3.63) is 544 Å². The first-order valence-corrected chi connectivity index (χ1v) is 49.7. The van der Waals surface area contributed by atoms with Crippen LogP contribution in [0.3, 0.4) is 0 Å². The number of pyridine rings is 3. The fourth-order valence-corrected chi connectivity index (χ4v) is 16.1. The molecule has 16 aromatic carbocycles. The zero-order valence-electron chi connectivity index (χ0n) is 84.3. The number of hydrogen-bond donors (Lipinski definition) is 4. The third kappa shape index (κ3) is 35.0. The van der Waals surface area contributed by atoms with Gasteiger partial charge in [-0.25, -0.2) is 4.98 Å². The van der Waals surface area contributed by atoms with Gasteiger partial charge in [0, 0.05) is 92.4 Å². The van der Waals surface area contributed by atoms with Crippen LogP contribution < -0.4 is 10.2 Å². The zero-order valence-corrected chi connectivity index (χ0v) is 84.3. The lowest BCUT2D eigenvalue weighted by Gasteiger charge is -2.11. The molecule has 5 heterocycles. The van der Waals surface area contributed by atoms with E-state index >= 15 is 0 Å². The van der Waals surface area contributed by atoms with Crippen molar-refractivity contribution in [2.45, 2.75) is 160 Å². The molecule has 0 bridgehead atoms. The number of H-pyrrole nitrogens is 3. The Bertz CT molecular complexity index is 6880. The molecular formula is C132H139N5O4. The van der Waals surface area contributed by atoms with E-state index < -0.39 is 5.97 Å². The zero-order chi connectivity index (χ0) is 99.8. The number of carbonyl (C=O) groups is 1. The lowest BCUT2D eigenvalue weighted by Crippen LogP contribution is -2.05. The van der Waals surface area contributed by atoms with Crippen LogP contribution >= 0.6 is 0 Å². The topological polar surface area (TPSA) is 137 Å². The monoisotopic (exact) mass is 1860 g/mol. The van der Waals surface area contributed by atoms with Gasteiger partial charge in [0.1, 0.15) is 11.5 Å². The molecule has 9 heteroatoms. The first-order valence-electron chi connectivity index (χ1n) is 49.7. The predicted octanol–water partition coefficient (Wildman–Crippen LogP) is 35.6. The maximum Gasteiger partial charge on any atom is 0.303 e. The van der Waals surface area contributed by atoms with Crippen molar-refractivity contribution in [1.82, 2.24) is 24.9 Å². The summed E-state index contributed by atoms with van der Waals surface area (Å²) in [4.78, 5) is 39.4. The second kappa shape index (κ2) is 60.7. The fourth-order valence-electron chi connectivity index (χ4n) is 16.1. The molecule has 0 radical (unpaired) electrons. The van der Waals surface area contributed by atoms with Gasteiger partial charge in [0.05, 0.1) is 11.0 Å². The molecule has 5 aromatic heterocycles. The number of nitrogens with one attached hydrogen (secondary N) is 3. The van der Waals surface area contributed by atoms with E-state index in [4.69, 9.17) is 9.84 Å². The Balaban J connectivity index is 0.000000159. The van der Waals surface area contributed by atoms with Gasteiger partial charge in [-0.3, -0.25) is 14.6 Å². The minimum Gasteiger partial charge on any atom is -0.481 e. The molecule has 0 aliphatic heterocycles. The quantitative estimate of drug-likeness (QED) is 0.0670. The van der Waals surface area contributed by atoms with Crippen molar-refractivity contribution in [2.24, 2.45) is 0 Å². The Morgan fingerprint density at radius 1 is 0.355 bits per heavy atom. The number of aromatic nitrogens is 5. The molecule has 0 amide bonds. The molecule has 0 unspecified atom stereocenters. The SMILES string of the molecule is CC(c1ccccc1)c1ccccc1.CC=C(c1ccccc1)c1ccccc1.CCCCC(=O)O.CCCc1c[nH]c2ccccc12.CCCc1ccccc1.CCCc1ccncc1.CCc1ccccc1.CCc1ccccc1Oc1ccccc1.Cc1c2ccccc2cc2ccccc12.Cc1c2ccccc2nc2ccccc12.Cc1c[nH]c2ccccc12.Cc1c[nH]c2ccccc2c1=O. The van der Waals surface area contributed by atoms with Gasteiger partial charge in [-0.05, 0) is 240 Å². The summed E-state index contributed by atoms with van der Waals surface area (Å²) in [7, 11) is 0. The van der Waals surface area contributed by atoms with Crippen LogP contribution in [0, 0.1) is 27.7 Å². The molecule has 21 aromatic rings. The Hall–Kier alpha value is -15.8. The number of aliphatic carboxylic acids is 1. The van der Waals surface area contributed by atoms with Crippen LogP contribution in [0.1, 0.15) is 172 Å². The number of carboxylic acids is 1. The van der Waals surface area contributed by atoms with Gasteiger partial charge < -0.3 is 24.8 Å². The highest BCUT2D eigenvalue weighted by molar-refractivity contribution is 6.02. The molecule has 0 aliphatic carbocycles. The average Bonchev–Trinajstić information content (AvgIpc) is 1.70. The first kappa shape index (κ1) is 107. The van der Waals surface area contributed by atoms with E-state index in [1.165, 1.54) is 165 Å². The molecule has 716 valence electrons. The molecule has 4 N–H and O–H groups in total. The lowest BCUT2D eigenvalue weighted by molar-refractivity contribution is -0.137. The van der Waals surface area contributed by atoms with Crippen LogP contribution in [0.25, 0.3) is 81.6 Å². The number of hydrogen-bond acceptors (Lipinski definition) is 5. The molecule has 0 saturated heterocycles. The van der Waals surface area contributed by atoms with E-state index in [-0.39, 0.29) is 5.43 Å². The van der Waals surface area contributed by atoms with E-state index in [0.717, 1.165) is 64.7 Å². The van der Waals surface area contributed by atoms with Gasteiger partial charge in [-0.2, -0.15) is 0 Å². The van der Waals surface area contributed by atoms with Crippen LogP contribution in [-0.2, 0) is 36.9 Å². The second-order valence-corrected chi connectivity index (χ2v) is 34.2. The maximum atomic E-state index is 11.5. The van der Waals surface area contributed by atoms with Crippen LogP contribution in [0.15, 0.2) is 467 Å². The summed E-state index contributed by atoms with van der Waals surface area (Å²) in [5.41, 5.74) is 23.9. The molecular weight excluding hydrogens is 1720 g/mol. The van der Waals surface area contributed by atoms with Crippen molar-refractivity contribution in [3.8, 4) is 11.5 Å². The number of para-hydroxylation sites is 7. The molecule has 9 nitrogen and oxygen atoms in total. The maximum absolute atomic E-state index is 11.5. The van der Waals surface area contributed by atoms with Crippen LogP contribution in [-0.4, -0.2) is 36.0 Å². The van der Waals surface area contributed by atoms with Crippen molar-refractivity contribution in [1.29, 1.82) is 0 Å². The van der Waals surface area contributed by atoms with Gasteiger partial charge in [-0.15, -0.1) is 0 Å². The number of allylic oxidation sites excluding steroid dienone is 1. The van der Waals surface area contributed by atoms with Gasteiger partial charge in [0.2, 0.25) is 0 Å². The molecule has 0 aliphatic rings. The van der Waals surface area contributed by atoms with Crippen LogP contribution in [0.5, 0.6) is 11.5 Å². The third-order valence-corrected chi connectivity index (χ3v) is 23.9. The summed E-state index contributed by atoms with van der Waals surface area (Å²) in [5.74, 6) is 1.63. The standard InChI is InChI=1S/C15H12.C15H14.C14H11N.C14H14O.C14H14.C11H13N.C10H9NO.C9H9N.C9H12.C8H11N.C8H10.C5H10O2/c1-11-14-8-4-2-6-12(14)10-13-7-3-5-9-15(11)13;1-2-15(13-9-5-3-6-10-13)14-11-7-4-8-12-14;1-10-11-6-2-4-8-13(11)15-14-9-5-3-7-12(10)14;1-2-12-8-6-7-11-14(12)15-13-9-4-3-5-10-13;1-12(13-8-4-2-5-9-13)14-10-6-3-7-11-14;1-2-5-9-8-12-11-7-4-3-6-10(9)11;1-7-6-11-9-5-3-2-4-8(9)10(7)12;1-7-6-10-9-5-3-2-4-8(7)9;1-2-6-9-7-4-3-5-8-9;1-2-3-8-4-6-9-7-5-8;1-2-8-6-4-3-5-7-8;1-2-3-4-5(6)7/h2-10H,1H3;2-12H,1H3;2-9H,1H3;3-11H,2H2,1H3;2-12H,1H3;3-4,6-8,12H,2,5H2,1H3;2-6H,1H3,(H,11,12);2-6,10H,1H3;3-5,7-8H,2,6H2,1H3;4-7H,2-3H2,1H3;3-7H,2H2,1H3;2-4H2,1H3,(H,6,7). The number of carboxylic acid groups (broad SMARTS) is 1. The largest absolute Gasteiger partial charge is 0.481 e.